The van der Waals surface area contributed by atoms with E-state index in [0.29, 0.717) is 0 Å². The van der Waals surface area contributed by atoms with Crippen molar-refractivity contribution >= 4 is 15.9 Å². The van der Waals surface area contributed by atoms with Crippen LogP contribution < -0.4 is 10.9 Å². The smallest absolute Gasteiger partial charge is 0.0483 e. The summed E-state index contributed by atoms with van der Waals surface area (Å²) in [5.74, 6) is 0. The molecule has 0 unspecified atom stereocenters. The zero-order valence-electron chi connectivity index (χ0n) is 3.56. The molecule has 1 N–H and O–H groups in total. The molecule has 1 aliphatic heterocycles. The summed E-state index contributed by atoms with van der Waals surface area (Å²) < 4.78 is 1.02. The van der Waals surface area contributed by atoms with E-state index in [0.717, 1.165) is 4.48 Å². The van der Waals surface area contributed by atoms with Crippen molar-refractivity contribution in [3.63, 3.8) is 0 Å². The summed E-state index contributed by atoms with van der Waals surface area (Å²) in [4.78, 5) is 0. The molecule has 0 amide bonds. The third-order valence-electron chi connectivity index (χ3n) is 0.585. The fraction of sp³-hybridized carbons (Fsp3) is 0. The molecule has 0 bridgehead atoms. The molecule has 0 aromatic carbocycles. The molecule has 0 spiro atoms. The highest BCUT2D eigenvalue weighted by Gasteiger charge is 1.86. The van der Waals surface area contributed by atoms with Gasteiger partial charge in [-0.1, -0.05) is 0 Å². The van der Waals surface area contributed by atoms with Crippen molar-refractivity contribution in [1.82, 2.24) is 10.9 Å². The molecule has 37 valence electrons. The lowest BCUT2D eigenvalue weighted by molar-refractivity contribution is 0.749. The van der Waals surface area contributed by atoms with Gasteiger partial charge in [-0.15, -0.1) is 0 Å². The minimum absolute atomic E-state index is 1.02. The Kier molecular flexibility index (Phi) is 1.36. The van der Waals surface area contributed by atoms with Crippen molar-refractivity contribution in [2.24, 2.45) is 0 Å². The number of rotatable bonds is 0. The van der Waals surface area contributed by atoms with Crippen molar-refractivity contribution in [2.75, 3.05) is 0 Å². The lowest BCUT2D eigenvalue weighted by Gasteiger charge is -1.99. The lowest BCUT2D eigenvalue weighted by Crippen LogP contribution is -2.14. The van der Waals surface area contributed by atoms with Gasteiger partial charge in [-0.2, -0.15) is 5.43 Å². The van der Waals surface area contributed by atoms with E-state index in [9.17, 15) is 0 Å². The summed E-state index contributed by atoms with van der Waals surface area (Å²) in [6.07, 6.45) is 5.31. The Hall–Kier alpha value is -0.440. The van der Waals surface area contributed by atoms with Gasteiger partial charge >= 0.3 is 0 Å². The highest BCUT2D eigenvalue weighted by Crippen LogP contribution is 2.05. The molecule has 0 fully saturated rings. The van der Waals surface area contributed by atoms with Crippen molar-refractivity contribution in [3.05, 3.63) is 23.0 Å². The van der Waals surface area contributed by atoms with Crippen molar-refractivity contribution in [2.45, 2.75) is 0 Å². The van der Waals surface area contributed by atoms with Crippen LogP contribution in [0.1, 0.15) is 0 Å². The van der Waals surface area contributed by atoms with Crippen LogP contribution >= 0.6 is 15.9 Å². The molecular weight excluding hydrogens is 156 g/mol. The van der Waals surface area contributed by atoms with Gasteiger partial charge in [0.1, 0.15) is 0 Å². The Morgan fingerprint density at radius 3 is 2.86 bits per heavy atom. The van der Waals surface area contributed by atoms with Crippen LogP contribution in [-0.2, 0) is 0 Å². The van der Waals surface area contributed by atoms with E-state index in [1.165, 1.54) is 0 Å². The zero-order chi connectivity index (χ0) is 5.11. The molecular formula is C4H4BrN2. The Labute approximate surface area is 50.4 Å². The Morgan fingerprint density at radius 1 is 1.71 bits per heavy atom. The standard InChI is InChI=1S/C4H4BrN2/c5-4-1-2-6-7-3-4/h1-3,7H. The maximum atomic E-state index is 3.69. The maximum absolute atomic E-state index is 3.69. The molecule has 3 heteroatoms. The summed E-state index contributed by atoms with van der Waals surface area (Å²) in [6.45, 7) is 0. The summed E-state index contributed by atoms with van der Waals surface area (Å²) in [5, 5.41) is 0. The number of halogens is 1. The molecule has 0 saturated heterocycles. The van der Waals surface area contributed by atoms with Crippen LogP contribution in [0, 0.1) is 0 Å². The van der Waals surface area contributed by atoms with Gasteiger partial charge in [-0.3, -0.25) is 5.43 Å². The van der Waals surface area contributed by atoms with Gasteiger partial charge in [0.25, 0.3) is 0 Å². The second kappa shape index (κ2) is 2.02. The SMILES string of the molecule is BrC1=CN[N]C=C1. The first kappa shape index (κ1) is 4.71. The van der Waals surface area contributed by atoms with E-state index in [2.05, 4.69) is 26.8 Å². The van der Waals surface area contributed by atoms with Crippen LogP contribution in [0.2, 0.25) is 0 Å². The van der Waals surface area contributed by atoms with E-state index < -0.39 is 0 Å². The molecule has 0 aromatic heterocycles. The van der Waals surface area contributed by atoms with Crippen LogP contribution in [0.5, 0.6) is 0 Å². The molecule has 0 aliphatic carbocycles. The van der Waals surface area contributed by atoms with E-state index >= 15 is 0 Å². The quantitative estimate of drug-likeness (QED) is 0.558. The molecule has 1 heterocycles. The molecule has 1 rings (SSSR count). The van der Waals surface area contributed by atoms with Gasteiger partial charge in [-0.25, -0.2) is 0 Å². The highest BCUT2D eigenvalue weighted by atomic mass is 79.9. The predicted octanol–water partition coefficient (Wildman–Crippen LogP) is 0.859. The summed E-state index contributed by atoms with van der Waals surface area (Å²) in [7, 11) is 0. The number of nitrogens with one attached hydrogen (secondary N) is 1. The van der Waals surface area contributed by atoms with E-state index in [1.54, 1.807) is 12.4 Å². The molecule has 1 aliphatic rings. The third kappa shape index (κ3) is 1.23. The average molecular weight is 160 g/mol. The Balaban J connectivity index is 2.58. The third-order valence-corrected chi connectivity index (χ3v) is 1.08. The average Bonchev–Trinajstić information content (AvgIpc) is 1.69. The topological polar surface area (TPSA) is 26.1 Å². The molecule has 2 nitrogen and oxygen atoms in total. The normalized spacial score (nSPS) is 17.0. The fourth-order valence-corrected chi connectivity index (χ4v) is 0.519. The van der Waals surface area contributed by atoms with Gasteiger partial charge < -0.3 is 0 Å². The predicted molar refractivity (Wildman–Crippen MR) is 31.4 cm³/mol. The monoisotopic (exact) mass is 159 g/mol. The summed E-state index contributed by atoms with van der Waals surface area (Å²) in [5.41, 5.74) is 6.35. The van der Waals surface area contributed by atoms with E-state index in [4.69, 9.17) is 0 Å². The first-order chi connectivity index (χ1) is 3.39. The number of allylic oxidation sites excluding steroid dienone is 2. The van der Waals surface area contributed by atoms with Gasteiger partial charge in [0, 0.05) is 16.9 Å². The largest absolute Gasteiger partial charge is 0.285 e. The maximum Gasteiger partial charge on any atom is 0.0483 e. The molecule has 0 aromatic rings. The second-order valence-electron chi connectivity index (χ2n) is 1.10. The van der Waals surface area contributed by atoms with Crippen LogP contribution in [0.25, 0.3) is 0 Å². The van der Waals surface area contributed by atoms with E-state index in [1.807, 2.05) is 6.08 Å². The van der Waals surface area contributed by atoms with Gasteiger partial charge in [-0.05, 0) is 22.0 Å². The Bertz CT molecular complexity index is 117. The fourth-order valence-electron chi connectivity index (χ4n) is 0.299. The van der Waals surface area contributed by atoms with Crippen LogP contribution in [-0.4, -0.2) is 0 Å². The lowest BCUT2D eigenvalue weighted by atomic mass is 10.5. The molecule has 7 heavy (non-hydrogen) atoms. The van der Waals surface area contributed by atoms with Crippen LogP contribution in [0.4, 0.5) is 0 Å². The first-order valence-corrected chi connectivity index (χ1v) is 2.66. The first-order valence-electron chi connectivity index (χ1n) is 1.87. The molecule has 0 atom stereocenters. The molecule has 0 saturated carbocycles. The van der Waals surface area contributed by atoms with Crippen molar-refractivity contribution < 1.29 is 0 Å². The summed E-state index contributed by atoms with van der Waals surface area (Å²) >= 11 is 3.24. The molecule has 1 radical (unpaired) electrons. The van der Waals surface area contributed by atoms with Gasteiger partial charge in [0.2, 0.25) is 0 Å². The van der Waals surface area contributed by atoms with E-state index in [-0.39, 0.29) is 0 Å². The van der Waals surface area contributed by atoms with Crippen molar-refractivity contribution in [1.29, 1.82) is 0 Å². The van der Waals surface area contributed by atoms with Crippen LogP contribution in [0.15, 0.2) is 23.0 Å². The minimum Gasteiger partial charge on any atom is -0.285 e. The second-order valence-corrected chi connectivity index (χ2v) is 2.02. The Morgan fingerprint density at radius 2 is 2.57 bits per heavy atom. The number of nitrogens with zero attached hydrogens (tertiary/aromatic N) is 1. The zero-order valence-corrected chi connectivity index (χ0v) is 5.14. The van der Waals surface area contributed by atoms with Gasteiger partial charge in [0.15, 0.2) is 0 Å². The highest BCUT2D eigenvalue weighted by molar-refractivity contribution is 9.11. The van der Waals surface area contributed by atoms with Crippen LogP contribution in [0.3, 0.4) is 0 Å². The number of hydrogen-bond donors (Lipinski definition) is 1. The number of hydrogen-bond acceptors (Lipinski definition) is 1. The van der Waals surface area contributed by atoms with Gasteiger partial charge in [0.05, 0.1) is 0 Å². The van der Waals surface area contributed by atoms with Crippen molar-refractivity contribution in [3.8, 4) is 0 Å². The summed E-state index contributed by atoms with van der Waals surface area (Å²) in [6, 6.07) is 0. The minimum atomic E-state index is 1.02.